The van der Waals surface area contributed by atoms with E-state index in [9.17, 15) is 13.2 Å². The second-order valence-electron chi connectivity index (χ2n) is 6.28. The van der Waals surface area contributed by atoms with Crippen LogP contribution in [0.25, 0.3) is 0 Å². The van der Waals surface area contributed by atoms with E-state index < -0.39 is 11.9 Å². The minimum atomic E-state index is -4.54. The largest absolute Gasteiger partial charge is 0.433 e. The molecule has 1 aliphatic rings. The van der Waals surface area contributed by atoms with Crippen LogP contribution in [-0.2, 0) is 19.1 Å². The van der Waals surface area contributed by atoms with Crippen LogP contribution in [0.4, 0.5) is 24.9 Å². The molecule has 2 aromatic heterocycles. The van der Waals surface area contributed by atoms with Crippen LogP contribution in [0.1, 0.15) is 43.1 Å². The summed E-state index contributed by atoms with van der Waals surface area (Å²) in [6.45, 7) is 2.63. The number of anilines is 2. The number of aromatic nitrogens is 5. The van der Waals surface area contributed by atoms with Crippen molar-refractivity contribution in [2.45, 2.75) is 44.9 Å². The predicted molar refractivity (Wildman–Crippen MR) is 86.4 cm³/mol. The fourth-order valence-corrected chi connectivity index (χ4v) is 2.78. The molecule has 1 unspecified atom stereocenters. The van der Waals surface area contributed by atoms with Crippen LogP contribution in [-0.4, -0.2) is 38.8 Å². The first-order valence-electron chi connectivity index (χ1n) is 8.08. The van der Waals surface area contributed by atoms with Gasteiger partial charge in [0.2, 0.25) is 5.95 Å². The van der Waals surface area contributed by atoms with E-state index in [0.717, 1.165) is 37.7 Å². The van der Waals surface area contributed by atoms with Gasteiger partial charge in [0.25, 0.3) is 0 Å². The zero-order valence-electron chi connectivity index (χ0n) is 14.3. The molecule has 0 amide bonds. The Morgan fingerprint density at radius 2 is 1.96 bits per heavy atom. The summed E-state index contributed by atoms with van der Waals surface area (Å²) in [5.74, 6) is 1.69. The van der Waals surface area contributed by atoms with E-state index >= 15 is 0 Å². The maximum absolute atomic E-state index is 13.1. The highest BCUT2D eigenvalue weighted by molar-refractivity contribution is 5.44. The molecule has 0 radical (unpaired) electrons. The molecule has 25 heavy (non-hydrogen) atoms. The average molecular weight is 355 g/mol. The number of halogens is 3. The standard InChI is InChI=1S/C15H20F3N7/c1-9(13-23-22-11-6-4-5-7-25(11)13)19-14-20-10(15(16,17)18)8-12(21-14)24(2)3/h8-9H,4-7H2,1-3H3,(H,19,20,21). The fourth-order valence-electron chi connectivity index (χ4n) is 2.78. The molecule has 1 aliphatic heterocycles. The van der Waals surface area contributed by atoms with Crippen LogP contribution in [0.3, 0.4) is 0 Å². The Bertz CT molecular complexity index is 754. The third-order valence-corrected chi connectivity index (χ3v) is 4.08. The van der Waals surface area contributed by atoms with E-state index in [2.05, 4.69) is 25.5 Å². The van der Waals surface area contributed by atoms with Crippen LogP contribution in [0.2, 0.25) is 0 Å². The highest BCUT2D eigenvalue weighted by atomic mass is 19.4. The van der Waals surface area contributed by atoms with Crippen molar-refractivity contribution in [2.75, 3.05) is 24.3 Å². The highest BCUT2D eigenvalue weighted by Gasteiger charge is 2.34. The Morgan fingerprint density at radius 1 is 1.20 bits per heavy atom. The normalized spacial score (nSPS) is 15.6. The molecule has 0 saturated heterocycles. The van der Waals surface area contributed by atoms with Crippen molar-refractivity contribution in [2.24, 2.45) is 0 Å². The Labute approximate surface area is 143 Å². The van der Waals surface area contributed by atoms with Gasteiger partial charge in [-0.25, -0.2) is 4.98 Å². The summed E-state index contributed by atoms with van der Waals surface area (Å²) >= 11 is 0. The van der Waals surface area contributed by atoms with Crippen LogP contribution in [0, 0.1) is 0 Å². The molecular formula is C15H20F3N7. The minimum Gasteiger partial charge on any atom is -0.363 e. The van der Waals surface area contributed by atoms with Gasteiger partial charge in [0.15, 0.2) is 11.5 Å². The third-order valence-electron chi connectivity index (χ3n) is 4.08. The second-order valence-corrected chi connectivity index (χ2v) is 6.28. The molecule has 3 rings (SSSR count). The molecule has 136 valence electrons. The molecule has 1 atom stereocenters. The van der Waals surface area contributed by atoms with E-state index in [4.69, 9.17) is 0 Å². The maximum atomic E-state index is 13.1. The molecular weight excluding hydrogens is 335 g/mol. The van der Waals surface area contributed by atoms with Crippen molar-refractivity contribution in [3.63, 3.8) is 0 Å². The molecule has 10 heteroatoms. The number of alkyl halides is 3. The van der Waals surface area contributed by atoms with E-state index in [0.29, 0.717) is 5.82 Å². The van der Waals surface area contributed by atoms with Gasteiger partial charge in [0.1, 0.15) is 11.6 Å². The van der Waals surface area contributed by atoms with Gasteiger partial charge in [0.05, 0.1) is 6.04 Å². The molecule has 0 fully saturated rings. The number of rotatable bonds is 4. The number of aryl methyl sites for hydroxylation is 1. The molecule has 7 nitrogen and oxygen atoms in total. The summed E-state index contributed by atoms with van der Waals surface area (Å²) in [7, 11) is 3.26. The number of hydrogen-bond donors (Lipinski definition) is 1. The predicted octanol–water partition coefficient (Wildman–Crippen LogP) is 2.66. The lowest BCUT2D eigenvalue weighted by atomic mass is 10.1. The number of nitrogens with one attached hydrogen (secondary N) is 1. The zero-order chi connectivity index (χ0) is 18.2. The van der Waals surface area contributed by atoms with Crippen molar-refractivity contribution in [1.82, 2.24) is 24.7 Å². The van der Waals surface area contributed by atoms with Gasteiger partial charge in [-0.1, -0.05) is 0 Å². The topological polar surface area (TPSA) is 71.8 Å². The van der Waals surface area contributed by atoms with E-state index in [1.165, 1.54) is 4.90 Å². The monoisotopic (exact) mass is 355 g/mol. The van der Waals surface area contributed by atoms with Gasteiger partial charge in [-0.15, -0.1) is 10.2 Å². The van der Waals surface area contributed by atoms with Crippen LogP contribution >= 0.6 is 0 Å². The summed E-state index contributed by atoms with van der Waals surface area (Å²) in [5.41, 5.74) is -0.982. The third kappa shape index (κ3) is 3.67. The molecule has 0 bridgehead atoms. The zero-order valence-corrected chi connectivity index (χ0v) is 14.3. The smallest absolute Gasteiger partial charge is 0.363 e. The first-order valence-corrected chi connectivity index (χ1v) is 8.08. The Kier molecular flexibility index (Phi) is 4.53. The summed E-state index contributed by atoms with van der Waals surface area (Å²) in [5, 5.41) is 11.3. The van der Waals surface area contributed by atoms with Crippen molar-refractivity contribution < 1.29 is 13.2 Å². The van der Waals surface area contributed by atoms with Crippen LogP contribution in [0.5, 0.6) is 0 Å². The van der Waals surface area contributed by atoms with Crippen LogP contribution < -0.4 is 10.2 Å². The van der Waals surface area contributed by atoms with Crippen molar-refractivity contribution in [1.29, 1.82) is 0 Å². The molecule has 0 aromatic carbocycles. The van der Waals surface area contributed by atoms with E-state index in [1.807, 2.05) is 11.5 Å². The lowest BCUT2D eigenvalue weighted by Gasteiger charge is -2.20. The van der Waals surface area contributed by atoms with Gasteiger partial charge in [-0.3, -0.25) is 0 Å². The Hall–Kier alpha value is -2.39. The van der Waals surface area contributed by atoms with Gasteiger partial charge in [0, 0.05) is 33.1 Å². The fraction of sp³-hybridized carbons (Fsp3) is 0.600. The quantitative estimate of drug-likeness (QED) is 0.909. The molecule has 0 aliphatic carbocycles. The maximum Gasteiger partial charge on any atom is 0.433 e. The number of hydrogen-bond acceptors (Lipinski definition) is 6. The van der Waals surface area contributed by atoms with Crippen LogP contribution in [0.15, 0.2) is 6.07 Å². The van der Waals surface area contributed by atoms with Crippen molar-refractivity contribution in [3.05, 3.63) is 23.4 Å². The van der Waals surface area contributed by atoms with Crippen molar-refractivity contribution >= 4 is 11.8 Å². The average Bonchev–Trinajstić information content (AvgIpc) is 2.97. The molecule has 0 saturated carbocycles. The van der Waals surface area contributed by atoms with Crippen molar-refractivity contribution in [3.8, 4) is 0 Å². The lowest BCUT2D eigenvalue weighted by molar-refractivity contribution is -0.141. The first kappa shape index (κ1) is 17.4. The number of nitrogens with zero attached hydrogens (tertiary/aromatic N) is 6. The van der Waals surface area contributed by atoms with E-state index in [-0.39, 0.29) is 17.8 Å². The van der Waals surface area contributed by atoms with Gasteiger partial charge >= 0.3 is 6.18 Å². The second kappa shape index (κ2) is 6.49. The van der Waals surface area contributed by atoms with Gasteiger partial charge in [-0.05, 0) is 19.8 Å². The molecule has 2 aromatic rings. The summed E-state index contributed by atoms with van der Waals surface area (Å²) in [6.07, 6.45) is -1.57. The SMILES string of the molecule is CC(Nc1nc(N(C)C)cc(C(F)(F)F)n1)c1nnc2n1CCCC2. The summed E-state index contributed by atoms with van der Waals surface area (Å²) < 4.78 is 41.3. The van der Waals surface area contributed by atoms with Gasteiger partial charge < -0.3 is 14.8 Å². The highest BCUT2D eigenvalue weighted by Crippen LogP contribution is 2.31. The summed E-state index contributed by atoms with van der Waals surface area (Å²) in [6, 6.07) is 0.562. The molecule has 0 spiro atoms. The lowest BCUT2D eigenvalue weighted by Crippen LogP contribution is -2.21. The van der Waals surface area contributed by atoms with E-state index in [1.54, 1.807) is 14.1 Å². The minimum absolute atomic E-state index is 0.0841. The Morgan fingerprint density at radius 3 is 2.64 bits per heavy atom. The molecule has 1 N–H and O–H groups in total. The number of fused-ring (bicyclic) bond motifs is 1. The van der Waals surface area contributed by atoms with Gasteiger partial charge in [-0.2, -0.15) is 18.2 Å². The summed E-state index contributed by atoms with van der Waals surface area (Å²) in [4.78, 5) is 9.28. The first-order chi connectivity index (χ1) is 11.8. The Balaban J connectivity index is 1.89. The molecule has 3 heterocycles.